The summed E-state index contributed by atoms with van der Waals surface area (Å²) < 4.78 is 5.62. The van der Waals surface area contributed by atoms with Gasteiger partial charge in [-0.05, 0) is 82.1 Å². The zero-order valence-corrected chi connectivity index (χ0v) is 32.0. The summed E-state index contributed by atoms with van der Waals surface area (Å²) in [5.41, 5.74) is 0.0394. The van der Waals surface area contributed by atoms with E-state index in [-0.39, 0.29) is 36.1 Å². The van der Waals surface area contributed by atoms with Crippen LogP contribution >= 0.6 is 58.6 Å². The normalized spacial score (nSPS) is 15.5. The van der Waals surface area contributed by atoms with E-state index in [4.69, 9.17) is 4.52 Å². The minimum atomic E-state index is -0.746. The molecule has 220 valence electrons. The summed E-state index contributed by atoms with van der Waals surface area (Å²) in [6, 6.07) is 0. The van der Waals surface area contributed by atoms with Crippen LogP contribution in [-0.4, -0.2) is 25.0 Å². The van der Waals surface area contributed by atoms with E-state index in [1.54, 1.807) is 0 Å². The van der Waals surface area contributed by atoms with Crippen molar-refractivity contribution in [1.82, 2.24) is 10.4 Å². The number of carbonyl (C=O) groups is 2. The lowest BCUT2D eigenvalue weighted by molar-refractivity contribution is -0.135. The lowest BCUT2D eigenvalue weighted by Gasteiger charge is -2.46. The van der Waals surface area contributed by atoms with Crippen LogP contribution in [0.5, 0.6) is 0 Å². The molecule has 0 bridgehead atoms. The molecule has 8 atom stereocenters. The Morgan fingerprint density at radius 1 is 0.838 bits per heavy atom. The summed E-state index contributed by atoms with van der Waals surface area (Å²) in [4.78, 5) is 25.4. The second kappa shape index (κ2) is 19.9. The fraction of sp³-hybridized carbons (Fsp3) is 0.920. The van der Waals surface area contributed by atoms with Crippen LogP contribution in [0.1, 0.15) is 100 Å². The van der Waals surface area contributed by atoms with Crippen molar-refractivity contribution in [1.29, 1.82) is 0 Å². The molecule has 1 amide bonds. The zero-order chi connectivity index (χ0) is 28.8. The number of hydrogen-bond acceptors (Lipinski definition) is 4. The van der Waals surface area contributed by atoms with E-state index in [9.17, 15) is 9.59 Å². The number of unbranched alkanes of at least 4 members (excludes halogenated alkanes) is 2. The number of nitrogens with one attached hydrogen (secondary N) is 2. The monoisotopic (exact) mass is 650 g/mol. The molecule has 0 aromatic carbocycles. The Bertz CT molecular complexity index is 664. The third kappa shape index (κ3) is 17.5. The van der Waals surface area contributed by atoms with Gasteiger partial charge in [-0.15, -0.1) is 8.93 Å². The first-order valence-corrected chi connectivity index (χ1v) is 24.6. The Labute approximate surface area is 242 Å². The van der Waals surface area contributed by atoms with Crippen LogP contribution < -0.4 is 10.4 Å². The molecule has 37 heavy (non-hydrogen) atoms. The summed E-state index contributed by atoms with van der Waals surface area (Å²) in [5.74, 6) is 1.55. The van der Waals surface area contributed by atoms with Gasteiger partial charge >= 0.3 is 5.97 Å². The highest BCUT2D eigenvalue weighted by atomic mass is 32.6. The third-order valence-corrected chi connectivity index (χ3v) is 17.9. The first kappa shape index (κ1) is 38.9. The summed E-state index contributed by atoms with van der Waals surface area (Å²) in [5, 5.41) is 6.60. The van der Waals surface area contributed by atoms with Gasteiger partial charge in [-0.3, -0.25) is 14.7 Å². The molecule has 0 rings (SSSR count). The van der Waals surface area contributed by atoms with E-state index in [0.717, 1.165) is 45.2 Å². The van der Waals surface area contributed by atoms with Crippen LogP contribution in [0.15, 0.2) is 0 Å². The second-order valence-electron chi connectivity index (χ2n) is 12.2. The summed E-state index contributed by atoms with van der Waals surface area (Å²) in [6.45, 7) is 20.1. The molecule has 2 N–H and O–H groups in total. The minimum Gasteiger partial charge on any atom is -0.436 e. The average Bonchev–Trinajstić information content (AvgIpc) is 2.76. The van der Waals surface area contributed by atoms with Crippen molar-refractivity contribution in [3.8, 4) is 0 Å². The quantitative estimate of drug-likeness (QED) is 0.102. The second-order valence-corrected chi connectivity index (χ2v) is 27.0. The molecule has 0 aliphatic carbocycles. The Morgan fingerprint density at radius 3 is 1.78 bits per heavy atom. The van der Waals surface area contributed by atoms with E-state index in [1.165, 1.54) is 0 Å². The molecule has 0 aromatic heterocycles. The van der Waals surface area contributed by atoms with Crippen molar-refractivity contribution >= 4 is 70.5 Å². The highest BCUT2D eigenvalue weighted by Gasteiger charge is 2.41. The van der Waals surface area contributed by atoms with Gasteiger partial charge in [0.25, 0.3) is 0 Å². The highest BCUT2D eigenvalue weighted by Crippen LogP contribution is 2.66. The molecule has 5 nitrogen and oxygen atoms in total. The molecule has 12 heteroatoms. The molecule has 0 aromatic rings. The number of hydrogen-bond donors (Lipinski definition) is 2. The predicted octanol–water partition coefficient (Wildman–Crippen LogP) is 9.11. The van der Waals surface area contributed by atoms with E-state index in [1.807, 2.05) is 0 Å². The van der Waals surface area contributed by atoms with Gasteiger partial charge in [-0.25, -0.2) is 0 Å². The van der Waals surface area contributed by atoms with Crippen LogP contribution in [0.2, 0.25) is 0 Å². The maximum Gasteiger partial charge on any atom is 0.309 e. The summed E-state index contributed by atoms with van der Waals surface area (Å²) >= 11 is 0. The molecule has 0 radical (unpaired) electrons. The molecular formula is C25H57N2O3P7. The summed E-state index contributed by atoms with van der Waals surface area (Å²) in [6.07, 6.45) is 6.30. The number of carbonyl (C=O) groups excluding carboxylic acids is 2. The molecule has 8 unspecified atom stereocenters. The van der Waals surface area contributed by atoms with Crippen LogP contribution in [0.4, 0.5) is 0 Å². The van der Waals surface area contributed by atoms with E-state index < -0.39 is 7.53 Å². The largest absolute Gasteiger partial charge is 0.436 e. The molecular weight excluding hydrogens is 593 g/mol. The van der Waals surface area contributed by atoms with Gasteiger partial charge in [0.15, 0.2) is 0 Å². The van der Waals surface area contributed by atoms with Crippen LogP contribution in [-0.2, 0) is 14.1 Å². The highest BCUT2D eigenvalue weighted by molar-refractivity contribution is 8.59. The standard InChI is InChI=1S/C25H57N2O3P7/c1-18(2)20(14-22(28)26-12-10-9-11-13-27-36(32)33)16-24(5,6)25(7,8)17-21(19(3)4)15-23(29)30-37(34)35-31/h18-21,27,35H,9-17,31-34H2,1-8H3,(H,26,28). The van der Waals surface area contributed by atoms with Gasteiger partial charge in [0, 0.05) is 19.4 Å². The topological polar surface area (TPSA) is 67.4 Å². The van der Waals surface area contributed by atoms with Gasteiger partial charge in [-0.2, -0.15) is 0 Å². The Hall–Kier alpha value is 1.91. The van der Waals surface area contributed by atoms with Crippen LogP contribution in [0.3, 0.4) is 0 Å². The van der Waals surface area contributed by atoms with E-state index in [2.05, 4.69) is 102 Å². The lowest BCUT2D eigenvalue weighted by Crippen LogP contribution is -2.39. The van der Waals surface area contributed by atoms with Crippen molar-refractivity contribution in [2.24, 2.45) is 34.5 Å². The van der Waals surface area contributed by atoms with E-state index >= 15 is 0 Å². The molecule has 0 aliphatic heterocycles. The van der Waals surface area contributed by atoms with Crippen molar-refractivity contribution < 1.29 is 14.1 Å². The molecule has 0 heterocycles. The maximum atomic E-state index is 12.8. The zero-order valence-electron chi connectivity index (χ0n) is 24.6. The maximum absolute atomic E-state index is 12.8. The smallest absolute Gasteiger partial charge is 0.309 e. The molecule has 0 spiro atoms. The fourth-order valence-electron chi connectivity index (χ4n) is 4.51. The molecule has 0 fully saturated rings. The van der Waals surface area contributed by atoms with Gasteiger partial charge in [0.2, 0.25) is 5.91 Å². The SMILES string of the molecule is CC(C)C(CC(=O)NCCCCCNP(P)P)CC(C)(C)C(C)(C)CC(CC(=O)OP(P)PP)C(C)C. The molecule has 0 saturated heterocycles. The van der Waals surface area contributed by atoms with Gasteiger partial charge in [0.05, 0.1) is 0 Å². The van der Waals surface area contributed by atoms with Crippen LogP contribution in [0.25, 0.3) is 0 Å². The summed E-state index contributed by atoms with van der Waals surface area (Å²) in [7, 11) is 10.5. The number of rotatable bonds is 20. The first-order valence-electron chi connectivity index (χ1n) is 13.5. The van der Waals surface area contributed by atoms with Crippen LogP contribution in [0, 0.1) is 34.5 Å². The predicted molar refractivity (Wildman–Crippen MR) is 185 cm³/mol. The van der Waals surface area contributed by atoms with Crippen molar-refractivity contribution in [2.75, 3.05) is 13.1 Å². The van der Waals surface area contributed by atoms with Crippen molar-refractivity contribution in [3.05, 3.63) is 0 Å². The van der Waals surface area contributed by atoms with E-state index in [0.29, 0.717) is 38.6 Å². The van der Waals surface area contributed by atoms with Gasteiger partial charge in [-0.1, -0.05) is 88.6 Å². The molecule has 0 aliphatic rings. The Kier molecular flexibility index (Phi) is 21.0. The Balaban J connectivity index is 4.98. The third-order valence-electron chi connectivity index (χ3n) is 7.94. The van der Waals surface area contributed by atoms with Crippen molar-refractivity contribution in [2.45, 2.75) is 100 Å². The average molecular weight is 651 g/mol. The van der Waals surface area contributed by atoms with Gasteiger partial charge in [0.1, 0.15) is 7.53 Å². The first-order chi connectivity index (χ1) is 17.0. The number of amides is 1. The Morgan fingerprint density at radius 2 is 1.32 bits per heavy atom. The lowest BCUT2D eigenvalue weighted by atomic mass is 9.58. The molecule has 0 saturated carbocycles. The fourth-order valence-corrected chi connectivity index (χ4v) is 7.34. The minimum absolute atomic E-state index is 0.0161. The van der Waals surface area contributed by atoms with Gasteiger partial charge < -0.3 is 9.84 Å². The van der Waals surface area contributed by atoms with Crippen molar-refractivity contribution in [3.63, 3.8) is 0 Å².